The Labute approximate surface area is 274 Å². The summed E-state index contributed by atoms with van der Waals surface area (Å²) >= 11 is 0. The van der Waals surface area contributed by atoms with Crippen molar-refractivity contribution in [2.24, 2.45) is 10.8 Å². The number of esters is 2. The lowest BCUT2D eigenvalue weighted by Crippen LogP contribution is -2.12. The number of aromatic hydroxyl groups is 1. The first-order valence-electron chi connectivity index (χ1n) is 15.4. The lowest BCUT2D eigenvalue weighted by molar-refractivity contribution is 0.0591. The van der Waals surface area contributed by atoms with Crippen LogP contribution in [0.1, 0.15) is 90.8 Å². The summed E-state index contributed by atoms with van der Waals surface area (Å²) < 4.78 is 49.1. The van der Waals surface area contributed by atoms with Crippen LogP contribution in [-0.2, 0) is 16.1 Å². The predicted octanol–water partition coefficient (Wildman–Crippen LogP) is 8.92. The third kappa shape index (κ3) is 7.84. The molecule has 47 heavy (non-hydrogen) atoms. The second kappa shape index (κ2) is 14.4. The Kier molecular flexibility index (Phi) is 10.8. The van der Waals surface area contributed by atoms with E-state index in [0.29, 0.717) is 11.1 Å². The molecule has 9 heteroatoms. The van der Waals surface area contributed by atoms with Gasteiger partial charge >= 0.3 is 11.9 Å². The van der Waals surface area contributed by atoms with Crippen LogP contribution in [-0.4, -0.2) is 38.4 Å². The largest absolute Gasteiger partial charge is 0.504 e. The molecule has 250 valence electrons. The molecule has 0 saturated heterocycles. The molecule has 2 aliphatic rings. The molecule has 3 aromatic carbocycles. The third-order valence-corrected chi connectivity index (χ3v) is 8.77. The second-order valence-electron chi connectivity index (χ2n) is 12.9. The number of carbonyl (C=O) groups excluding carboxylic acids is 2. The highest BCUT2D eigenvalue weighted by molar-refractivity contribution is 5.92. The number of carbonyl (C=O) groups is 2. The summed E-state index contributed by atoms with van der Waals surface area (Å²) in [5, 5.41) is 9.90. The number of rotatable bonds is 8. The summed E-state index contributed by atoms with van der Waals surface area (Å²) in [5.74, 6) is -2.07. The van der Waals surface area contributed by atoms with Crippen molar-refractivity contribution in [3.05, 3.63) is 100 Å². The number of hydrogen-bond acceptors (Lipinski definition) is 7. The van der Waals surface area contributed by atoms with Crippen LogP contribution in [0.25, 0.3) is 11.1 Å². The topological polar surface area (TPSA) is 91.3 Å². The molecule has 0 unspecified atom stereocenters. The van der Waals surface area contributed by atoms with Crippen LogP contribution in [0.5, 0.6) is 17.2 Å². The molecule has 0 bridgehead atoms. The Hall–Kier alpha value is -4.66. The third-order valence-electron chi connectivity index (χ3n) is 8.77. The van der Waals surface area contributed by atoms with Crippen LogP contribution < -0.4 is 9.47 Å². The van der Waals surface area contributed by atoms with E-state index in [1.165, 1.54) is 26.4 Å². The zero-order valence-electron chi connectivity index (χ0n) is 28.0. The Morgan fingerprint density at radius 1 is 0.745 bits per heavy atom. The highest BCUT2D eigenvalue weighted by Crippen LogP contribution is 2.48. The molecule has 0 heterocycles. The maximum Gasteiger partial charge on any atom is 0.337 e. The first kappa shape index (κ1) is 35.2. The molecule has 0 saturated carbocycles. The summed E-state index contributed by atoms with van der Waals surface area (Å²) in [5.41, 5.74) is 3.75. The molecular weight excluding hydrogens is 606 g/mol. The number of phenols is 1. The summed E-state index contributed by atoms with van der Waals surface area (Å²) in [7, 11) is 4.13. The first-order valence-corrected chi connectivity index (χ1v) is 15.4. The van der Waals surface area contributed by atoms with Gasteiger partial charge in [-0.3, -0.25) is 0 Å². The van der Waals surface area contributed by atoms with Crippen LogP contribution in [0.2, 0.25) is 0 Å². The van der Waals surface area contributed by atoms with Crippen LogP contribution in [0.3, 0.4) is 0 Å². The Bertz CT molecular complexity index is 1700. The van der Waals surface area contributed by atoms with E-state index in [0.717, 1.165) is 54.2 Å². The summed E-state index contributed by atoms with van der Waals surface area (Å²) in [6, 6.07) is 12.7. The zero-order chi connectivity index (χ0) is 34.5. The molecule has 0 aromatic heterocycles. The first-order chi connectivity index (χ1) is 22.2. The van der Waals surface area contributed by atoms with Gasteiger partial charge in [-0.05, 0) is 89.6 Å². The number of methoxy groups -OCH3 is 3. The van der Waals surface area contributed by atoms with Crippen molar-refractivity contribution in [2.75, 3.05) is 21.3 Å². The fourth-order valence-electron chi connectivity index (χ4n) is 6.02. The standard InChI is InChI=1S/C23H25FO4.C15H17FO3/c1-23(2)11-5-6-19(23)18-12-16(22(25)27-4)13-20(24)21(18)28-14-15-7-9-17(26-3)10-8-15;1-15(2)6-4-5-11(15)10-7-9(14(18)19-3)8-12(16)13(10)17/h6-10,12-13H,5,11,14H2,1-4H3;5,7-8,17H,4,6H2,1-3H3. The van der Waals surface area contributed by atoms with Gasteiger partial charge in [0.15, 0.2) is 23.1 Å². The molecular formula is C38H42F2O7. The number of allylic oxidation sites excluding steroid dienone is 4. The summed E-state index contributed by atoms with van der Waals surface area (Å²) in [6.45, 7) is 8.50. The van der Waals surface area contributed by atoms with Gasteiger partial charge in [-0.2, -0.15) is 0 Å². The molecule has 1 N–H and O–H groups in total. The second-order valence-corrected chi connectivity index (χ2v) is 12.9. The molecule has 0 aliphatic heterocycles. The zero-order valence-corrected chi connectivity index (χ0v) is 28.0. The van der Waals surface area contributed by atoms with E-state index in [2.05, 4.69) is 24.7 Å². The van der Waals surface area contributed by atoms with Crippen molar-refractivity contribution in [1.29, 1.82) is 0 Å². The molecule has 2 aliphatic carbocycles. The molecule has 0 fully saturated rings. The van der Waals surface area contributed by atoms with Crippen LogP contribution >= 0.6 is 0 Å². The number of halogens is 2. The van der Waals surface area contributed by atoms with E-state index in [-0.39, 0.29) is 34.3 Å². The number of ether oxygens (including phenoxy) is 4. The molecule has 0 atom stereocenters. The van der Waals surface area contributed by atoms with Gasteiger partial charge in [0.2, 0.25) is 0 Å². The SMILES string of the molecule is COC(=O)c1cc(F)c(O)c(C2=CCCC2(C)C)c1.COC(=O)c1cc(F)c(OCc2ccc(OC)cc2)c(C2=CCCC2(C)C)c1. The predicted molar refractivity (Wildman–Crippen MR) is 176 cm³/mol. The van der Waals surface area contributed by atoms with Crippen molar-refractivity contribution in [2.45, 2.75) is 60.0 Å². The lowest BCUT2D eigenvalue weighted by atomic mass is 9.81. The Morgan fingerprint density at radius 2 is 1.23 bits per heavy atom. The van der Waals surface area contributed by atoms with Crippen molar-refractivity contribution in [3.63, 3.8) is 0 Å². The van der Waals surface area contributed by atoms with E-state index in [4.69, 9.17) is 14.2 Å². The van der Waals surface area contributed by atoms with E-state index < -0.39 is 29.3 Å². The maximum absolute atomic E-state index is 15.0. The Morgan fingerprint density at radius 3 is 1.70 bits per heavy atom. The molecule has 0 amide bonds. The van der Waals surface area contributed by atoms with E-state index in [1.807, 2.05) is 44.2 Å². The molecule has 7 nitrogen and oxygen atoms in total. The van der Waals surface area contributed by atoms with Crippen molar-refractivity contribution >= 4 is 23.1 Å². The minimum atomic E-state index is -0.804. The number of phenolic OH excluding ortho intramolecular Hbond substituents is 1. The van der Waals surface area contributed by atoms with Gasteiger partial charge < -0.3 is 24.1 Å². The average molecular weight is 649 g/mol. The van der Waals surface area contributed by atoms with Gasteiger partial charge in [0.25, 0.3) is 0 Å². The summed E-state index contributed by atoms with van der Waals surface area (Å²) in [4.78, 5) is 23.5. The van der Waals surface area contributed by atoms with Crippen LogP contribution in [0.15, 0.2) is 60.7 Å². The molecule has 5 rings (SSSR count). The lowest BCUT2D eigenvalue weighted by Gasteiger charge is -2.25. The van der Waals surface area contributed by atoms with Crippen LogP contribution in [0.4, 0.5) is 8.78 Å². The highest BCUT2D eigenvalue weighted by atomic mass is 19.1. The van der Waals surface area contributed by atoms with E-state index in [9.17, 15) is 23.5 Å². The molecule has 3 aromatic rings. The van der Waals surface area contributed by atoms with Gasteiger partial charge in [0.05, 0.1) is 32.5 Å². The molecule has 0 radical (unpaired) electrons. The highest BCUT2D eigenvalue weighted by Gasteiger charge is 2.33. The normalized spacial score (nSPS) is 15.9. The van der Waals surface area contributed by atoms with Gasteiger partial charge in [0, 0.05) is 11.1 Å². The summed E-state index contributed by atoms with van der Waals surface area (Å²) in [6.07, 6.45) is 7.76. The average Bonchev–Trinajstić information content (AvgIpc) is 3.60. The smallest absolute Gasteiger partial charge is 0.337 e. The van der Waals surface area contributed by atoms with Gasteiger partial charge in [-0.15, -0.1) is 0 Å². The fraction of sp³-hybridized carbons (Fsp3) is 0.368. The van der Waals surface area contributed by atoms with Gasteiger partial charge in [-0.25, -0.2) is 18.4 Å². The van der Waals surface area contributed by atoms with E-state index >= 15 is 0 Å². The minimum Gasteiger partial charge on any atom is -0.504 e. The molecule has 0 spiro atoms. The minimum absolute atomic E-state index is 0.108. The number of benzene rings is 3. The van der Waals surface area contributed by atoms with Crippen LogP contribution in [0, 0.1) is 22.5 Å². The monoisotopic (exact) mass is 648 g/mol. The quantitative estimate of drug-likeness (QED) is 0.244. The Balaban J connectivity index is 0.000000229. The van der Waals surface area contributed by atoms with Crippen molar-refractivity contribution < 1.29 is 42.4 Å². The van der Waals surface area contributed by atoms with Gasteiger partial charge in [0.1, 0.15) is 12.4 Å². The van der Waals surface area contributed by atoms with E-state index in [1.54, 1.807) is 13.2 Å². The van der Waals surface area contributed by atoms with Crippen molar-refractivity contribution in [1.82, 2.24) is 0 Å². The fourth-order valence-corrected chi connectivity index (χ4v) is 6.02. The van der Waals surface area contributed by atoms with Gasteiger partial charge in [-0.1, -0.05) is 52.0 Å². The van der Waals surface area contributed by atoms with Crippen molar-refractivity contribution in [3.8, 4) is 17.2 Å². The maximum atomic E-state index is 15.0. The number of hydrogen-bond donors (Lipinski definition) is 1.